The number of aliphatic imine (C=N–C) groups is 1. The number of pyridine rings is 1. The van der Waals surface area contributed by atoms with Gasteiger partial charge in [-0.2, -0.15) is 0 Å². The fourth-order valence-corrected chi connectivity index (χ4v) is 4.96. The van der Waals surface area contributed by atoms with Crippen molar-refractivity contribution in [3.05, 3.63) is 83.6 Å². The Hall–Kier alpha value is -3.31. The van der Waals surface area contributed by atoms with Gasteiger partial charge in [0, 0.05) is 60.1 Å². The van der Waals surface area contributed by atoms with Gasteiger partial charge in [-0.05, 0) is 78.1 Å². The van der Waals surface area contributed by atoms with Gasteiger partial charge in [0.05, 0.1) is 12.1 Å². The molecule has 2 aliphatic rings. The van der Waals surface area contributed by atoms with Crippen LogP contribution in [0.15, 0.2) is 65.9 Å². The van der Waals surface area contributed by atoms with E-state index in [1.807, 2.05) is 30.7 Å². The van der Waals surface area contributed by atoms with Crippen LogP contribution in [0.1, 0.15) is 35.6 Å². The van der Waals surface area contributed by atoms with E-state index in [1.54, 1.807) is 0 Å². The maximum absolute atomic E-state index is 13.8. The van der Waals surface area contributed by atoms with Crippen molar-refractivity contribution in [2.45, 2.75) is 25.3 Å². The number of ether oxygens (including phenoxy) is 1. The van der Waals surface area contributed by atoms with Crippen molar-refractivity contribution in [2.24, 2.45) is 4.99 Å². The molecule has 0 unspecified atom stereocenters. The Morgan fingerprint density at radius 1 is 0.968 bits per heavy atom. The number of hydrogen-bond donors (Lipinski definition) is 0. The lowest BCUT2D eigenvalue weighted by Crippen LogP contribution is -2.17. The molecule has 2 aromatic heterocycles. The molecule has 6 rings (SSSR count). The molecular weight excluding hydrogens is 389 g/mol. The van der Waals surface area contributed by atoms with Crippen molar-refractivity contribution in [1.29, 1.82) is 0 Å². The van der Waals surface area contributed by atoms with Gasteiger partial charge < -0.3 is 9.30 Å². The van der Waals surface area contributed by atoms with Crippen molar-refractivity contribution in [2.75, 3.05) is 13.2 Å². The van der Waals surface area contributed by atoms with E-state index in [0.29, 0.717) is 5.92 Å². The van der Waals surface area contributed by atoms with E-state index in [2.05, 4.69) is 38.8 Å². The number of benzene rings is 2. The SMILES string of the molecule is Fc1ccc(-n2c(C3CCOCC3)c(-c3ccncc3)c3cc4c(cc32)C=NC4)cc1. The molecule has 0 N–H and O–H groups in total. The molecule has 0 atom stereocenters. The number of aromatic nitrogens is 2. The van der Waals surface area contributed by atoms with E-state index in [4.69, 9.17) is 4.74 Å². The summed E-state index contributed by atoms with van der Waals surface area (Å²) in [6, 6.07) is 15.5. The summed E-state index contributed by atoms with van der Waals surface area (Å²) in [5.41, 5.74) is 8.18. The highest BCUT2D eigenvalue weighted by molar-refractivity contribution is 6.03. The van der Waals surface area contributed by atoms with Crippen LogP contribution in [-0.2, 0) is 11.3 Å². The Labute approximate surface area is 180 Å². The standard InChI is InChI=1S/C26H22FN3O/c27-21-1-3-22(4-2-21)30-24-14-20-16-29-15-19(20)13-23(24)25(17-5-9-28-10-6-17)26(30)18-7-11-31-12-8-18/h1-6,9-10,13-14,16,18H,7-8,11-12,15H2. The third-order valence-corrected chi connectivity index (χ3v) is 6.42. The van der Waals surface area contributed by atoms with Gasteiger partial charge in [0.1, 0.15) is 5.82 Å². The first-order chi connectivity index (χ1) is 15.3. The summed E-state index contributed by atoms with van der Waals surface area (Å²) in [5.74, 6) is 0.132. The van der Waals surface area contributed by atoms with Gasteiger partial charge in [-0.25, -0.2) is 4.39 Å². The topological polar surface area (TPSA) is 39.4 Å². The molecule has 2 aromatic carbocycles. The van der Waals surface area contributed by atoms with Crippen LogP contribution in [0.3, 0.4) is 0 Å². The highest BCUT2D eigenvalue weighted by atomic mass is 19.1. The zero-order valence-electron chi connectivity index (χ0n) is 17.1. The zero-order valence-corrected chi connectivity index (χ0v) is 17.1. The average molecular weight is 411 g/mol. The van der Waals surface area contributed by atoms with Gasteiger partial charge in [-0.15, -0.1) is 0 Å². The predicted molar refractivity (Wildman–Crippen MR) is 121 cm³/mol. The molecule has 0 aliphatic carbocycles. The monoisotopic (exact) mass is 411 g/mol. The summed E-state index contributed by atoms with van der Waals surface area (Å²) in [6.45, 7) is 2.23. The number of fused-ring (bicyclic) bond motifs is 2. The Kier molecular flexibility index (Phi) is 4.42. The second kappa shape index (κ2) is 7.43. The molecule has 0 amide bonds. The molecule has 4 aromatic rings. The maximum atomic E-state index is 13.8. The molecule has 0 radical (unpaired) electrons. The second-order valence-electron chi connectivity index (χ2n) is 8.23. The molecule has 5 heteroatoms. The molecular formula is C26H22FN3O. The maximum Gasteiger partial charge on any atom is 0.123 e. The van der Waals surface area contributed by atoms with Crippen LogP contribution in [0.2, 0.25) is 0 Å². The van der Waals surface area contributed by atoms with Crippen molar-refractivity contribution < 1.29 is 9.13 Å². The summed E-state index contributed by atoms with van der Waals surface area (Å²) < 4.78 is 21.8. The van der Waals surface area contributed by atoms with Gasteiger partial charge in [0.2, 0.25) is 0 Å². The van der Waals surface area contributed by atoms with Crippen LogP contribution < -0.4 is 0 Å². The normalized spacial score (nSPS) is 16.2. The minimum atomic E-state index is -0.227. The molecule has 154 valence electrons. The van der Waals surface area contributed by atoms with E-state index in [1.165, 1.54) is 34.3 Å². The molecule has 4 heterocycles. The molecule has 4 nitrogen and oxygen atoms in total. The Bertz CT molecular complexity index is 1290. The molecule has 0 bridgehead atoms. The Morgan fingerprint density at radius 3 is 2.52 bits per heavy atom. The van der Waals surface area contributed by atoms with Crippen LogP contribution >= 0.6 is 0 Å². The van der Waals surface area contributed by atoms with Gasteiger partial charge in [0.15, 0.2) is 0 Å². The molecule has 31 heavy (non-hydrogen) atoms. The minimum Gasteiger partial charge on any atom is -0.381 e. The van der Waals surface area contributed by atoms with Crippen LogP contribution in [0.4, 0.5) is 4.39 Å². The van der Waals surface area contributed by atoms with Crippen LogP contribution in [0.25, 0.3) is 27.7 Å². The highest BCUT2D eigenvalue weighted by Crippen LogP contribution is 2.44. The predicted octanol–water partition coefficient (Wildman–Crippen LogP) is 5.66. The third kappa shape index (κ3) is 3.08. The summed E-state index contributed by atoms with van der Waals surface area (Å²) in [4.78, 5) is 8.71. The van der Waals surface area contributed by atoms with Crippen LogP contribution in [0, 0.1) is 5.82 Å². The minimum absolute atomic E-state index is 0.227. The quantitative estimate of drug-likeness (QED) is 0.436. The van der Waals surface area contributed by atoms with Gasteiger partial charge in [0.25, 0.3) is 0 Å². The summed E-state index contributed by atoms with van der Waals surface area (Å²) in [7, 11) is 0. The summed E-state index contributed by atoms with van der Waals surface area (Å²) in [6.07, 6.45) is 7.59. The first-order valence-electron chi connectivity index (χ1n) is 10.7. The van der Waals surface area contributed by atoms with Crippen molar-refractivity contribution in [3.8, 4) is 16.8 Å². The van der Waals surface area contributed by atoms with Crippen molar-refractivity contribution in [1.82, 2.24) is 9.55 Å². The number of halogens is 1. The molecule has 2 aliphatic heterocycles. The molecule has 1 fully saturated rings. The Morgan fingerprint density at radius 2 is 1.74 bits per heavy atom. The smallest absolute Gasteiger partial charge is 0.123 e. The van der Waals surface area contributed by atoms with Gasteiger partial charge >= 0.3 is 0 Å². The third-order valence-electron chi connectivity index (χ3n) is 6.42. The highest BCUT2D eigenvalue weighted by Gasteiger charge is 2.28. The van der Waals surface area contributed by atoms with E-state index >= 15 is 0 Å². The molecule has 1 saturated heterocycles. The second-order valence-corrected chi connectivity index (χ2v) is 8.23. The number of nitrogens with zero attached hydrogens (tertiary/aromatic N) is 3. The van der Waals surface area contributed by atoms with E-state index in [9.17, 15) is 4.39 Å². The number of rotatable bonds is 3. The van der Waals surface area contributed by atoms with E-state index in [0.717, 1.165) is 54.9 Å². The number of hydrogen-bond acceptors (Lipinski definition) is 3. The first kappa shape index (κ1) is 18.5. The summed E-state index contributed by atoms with van der Waals surface area (Å²) in [5, 5.41) is 1.21. The molecule has 0 saturated carbocycles. The van der Waals surface area contributed by atoms with Crippen molar-refractivity contribution >= 4 is 17.1 Å². The van der Waals surface area contributed by atoms with Gasteiger partial charge in [-0.1, -0.05) is 0 Å². The Balaban J connectivity index is 1.73. The lowest BCUT2D eigenvalue weighted by Gasteiger charge is -2.25. The average Bonchev–Trinajstić information content (AvgIpc) is 3.41. The molecule has 0 spiro atoms. The lowest BCUT2D eigenvalue weighted by molar-refractivity contribution is 0.0843. The largest absolute Gasteiger partial charge is 0.381 e. The van der Waals surface area contributed by atoms with E-state index in [-0.39, 0.29) is 5.82 Å². The fourth-order valence-electron chi connectivity index (χ4n) is 4.96. The van der Waals surface area contributed by atoms with E-state index < -0.39 is 0 Å². The van der Waals surface area contributed by atoms with Gasteiger partial charge in [-0.3, -0.25) is 9.98 Å². The summed E-state index contributed by atoms with van der Waals surface area (Å²) >= 11 is 0. The zero-order chi connectivity index (χ0) is 20.8. The fraction of sp³-hybridized carbons (Fsp3) is 0.231. The van der Waals surface area contributed by atoms with Crippen LogP contribution in [-0.4, -0.2) is 29.0 Å². The van der Waals surface area contributed by atoms with Crippen LogP contribution in [0.5, 0.6) is 0 Å². The van der Waals surface area contributed by atoms with Crippen molar-refractivity contribution in [3.63, 3.8) is 0 Å². The first-order valence-corrected chi connectivity index (χ1v) is 10.7. The lowest BCUT2D eigenvalue weighted by atomic mass is 9.90.